The Kier molecular flexibility index (Phi) is 5.11. The number of nitrogens with zero attached hydrogens (tertiary/aromatic N) is 6. The molecule has 0 saturated heterocycles. The van der Waals surface area contributed by atoms with Gasteiger partial charge in [-0.2, -0.15) is 0 Å². The van der Waals surface area contributed by atoms with Crippen LogP contribution in [-0.4, -0.2) is 33.2 Å². The molecule has 0 radical (unpaired) electrons. The maximum Gasteiger partial charge on any atom is 0.183 e. The van der Waals surface area contributed by atoms with Gasteiger partial charge in [0.15, 0.2) is 23.3 Å². The van der Waals surface area contributed by atoms with Crippen LogP contribution in [0.15, 0.2) is 122 Å². The Hall–Kier alpha value is -5.10. The third-order valence-corrected chi connectivity index (χ3v) is 7.14. The molecule has 0 aliphatic carbocycles. The standard InChI is InChI=1S/C32H26N6/c1-35-27-17-9-11-23(19-27)24-12-10-18-28(20-24)36(2)30-22-38(26-15-7-4-8-16-26)32(34-30)31-33-29(35)21-37(31)25-13-5-3-6-14-25/h3-22H,1-2H3. The summed E-state index contributed by atoms with van der Waals surface area (Å²) < 4.78 is 4.25. The third kappa shape index (κ3) is 3.66. The van der Waals surface area contributed by atoms with E-state index in [-0.39, 0.29) is 0 Å². The van der Waals surface area contributed by atoms with Crippen molar-refractivity contribution < 1.29 is 0 Å². The van der Waals surface area contributed by atoms with Crippen molar-refractivity contribution in [3.63, 3.8) is 0 Å². The maximum absolute atomic E-state index is 5.18. The van der Waals surface area contributed by atoms with Gasteiger partial charge in [0, 0.05) is 36.8 Å². The monoisotopic (exact) mass is 494 g/mol. The second kappa shape index (κ2) is 8.78. The van der Waals surface area contributed by atoms with E-state index in [4.69, 9.17) is 9.97 Å². The summed E-state index contributed by atoms with van der Waals surface area (Å²) in [7, 11) is 4.12. The molecule has 184 valence electrons. The fourth-order valence-corrected chi connectivity index (χ4v) is 5.00. The Labute approximate surface area is 221 Å². The molecule has 38 heavy (non-hydrogen) atoms. The van der Waals surface area contributed by atoms with Crippen molar-refractivity contribution in [1.82, 2.24) is 19.1 Å². The lowest BCUT2D eigenvalue weighted by Crippen LogP contribution is -2.11. The molecule has 0 fully saturated rings. The normalized spacial score (nSPS) is 12.4. The van der Waals surface area contributed by atoms with E-state index in [2.05, 4.69) is 118 Å². The van der Waals surface area contributed by atoms with E-state index in [1.807, 2.05) is 36.4 Å². The first-order valence-electron chi connectivity index (χ1n) is 12.6. The van der Waals surface area contributed by atoms with Gasteiger partial charge in [-0.05, 0) is 59.7 Å². The lowest BCUT2D eigenvalue weighted by molar-refractivity contribution is 0.987. The van der Waals surface area contributed by atoms with Crippen LogP contribution in [0.3, 0.4) is 0 Å². The molecule has 0 spiro atoms. The first-order valence-corrected chi connectivity index (χ1v) is 12.6. The molecular weight excluding hydrogens is 468 g/mol. The number of imidazole rings is 2. The molecule has 1 aliphatic heterocycles. The van der Waals surface area contributed by atoms with Gasteiger partial charge in [-0.3, -0.25) is 9.13 Å². The second-order valence-electron chi connectivity index (χ2n) is 9.48. The van der Waals surface area contributed by atoms with Crippen molar-refractivity contribution in [2.45, 2.75) is 0 Å². The average Bonchev–Trinajstić information content (AvgIpc) is 3.62. The Morgan fingerprint density at radius 1 is 0.447 bits per heavy atom. The molecule has 3 heterocycles. The van der Waals surface area contributed by atoms with Crippen molar-refractivity contribution >= 4 is 23.0 Å². The van der Waals surface area contributed by atoms with Gasteiger partial charge >= 0.3 is 0 Å². The molecule has 6 aromatic rings. The van der Waals surface area contributed by atoms with Crippen molar-refractivity contribution in [1.29, 1.82) is 0 Å². The topological polar surface area (TPSA) is 42.1 Å². The SMILES string of the molecule is CN1c2cccc(c2)-c2cccc(c2)N(C)c2cn(-c3ccccc3)c(n2)-c2nc1cn2-c1ccccc1. The van der Waals surface area contributed by atoms with E-state index in [0.717, 1.165) is 57.2 Å². The van der Waals surface area contributed by atoms with Gasteiger partial charge in [-0.25, -0.2) is 9.97 Å². The molecule has 6 nitrogen and oxygen atoms in total. The average molecular weight is 495 g/mol. The summed E-state index contributed by atoms with van der Waals surface area (Å²) >= 11 is 0. The fourth-order valence-electron chi connectivity index (χ4n) is 5.00. The molecule has 7 rings (SSSR count). The minimum absolute atomic E-state index is 0.767. The zero-order valence-electron chi connectivity index (χ0n) is 21.2. The van der Waals surface area contributed by atoms with Crippen LogP contribution in [-0.2, 0) is 0 Å². The minimum atomic E-state index is 0.767. The highest BCUT2D eigenvalue weighted by molar-refractivity contribution is 5.76. The summed E-state index contributed by atoms with van der Waals surface area (Å²) in [5.41, 5.74) is 6.48. The van der Waals surface area contributed by atoms with Gasteiger partial charge in [0.25, 0.3) is 0 Å². The molecule has 8 bridgehead atoms. The number of fused-ring (bicyclic) bond motifs is 10. The minimum Gasteiger partial charge on any atom is -0.328 e. The Morgan fingerprint density at radius 2 is 0.842 bits per heavy atom. The number of aromatic nitrogens is 4. The zero-order chi connectivity index (χ0) is 25.6. The van der Waals surface area contributed by atoms with Crippen LogP contribution in [0.2, 0.25) is 0 Å². The van der Waals surface area contributed by atoms with Crippen LogP contribution in [0, 0.1) is 0 Å². The highest BCUT2D eigenvalue weighted by atomic mass is 15.3. The van der Waals surface area contributed by atoms with Gasteiger partial charge in [0.1, 0.15) is 0 Å². The Balaban J connectivity index is 1.55. The third-order valence-electron chi connectivity index (χ3n) is 7.14. The van der Waals surface area contributed by atoms with Crippen molar-refractivity contribution in [2.24, 2.45) is 0 Å². The van der Waals surface area contributed by atoms with Gasteiger partial charge in [0.2, 0.25) is 0 Å². The molecular formula is C32H26N6. The Morgan fingerprint density at radius 3 is 1.26 bits per heavy atom. The van der Waals surface area contributed by atoms with Crippen LogP contribution in [0.4, 0.5) is 23.0 Å². The quantitative estimate of drug-likeness (QED) is 0.254. The number of hydrogen-bond donors (Lipinski definition) is 0. The molecule has 0 amide bonds. The summed E-state index contributed by atoms with van der Waals surface area (Å²) in [5.74, 6) is 3.21. The molecule has 4 aromatic carbocycles. The first kappa shape index (κ1) is 22.1. The number of anilines is 4. The lowest BCUT2D eigenvalue weighted by Gasteiger charge is -2.19. The van der Waals surface area contributed by atoms with Crippen molar-refractivity contribution in [2.75, 3.05) is 23.9 Å². The van der Waals surface area contributed by atoms with Crippen LogP contribution in [0.1, 0.15) is 0 Å². The van der Waals surface area contributed by atoms with E-state index in [9.17, 15) is 0 Å². The van der Waals surface area contributed by atoms with Crippen LogP contribution < -0.4 is 9.80 Å². The molecule has 6 heteroatoms. The van der Waals surface area contributed by atoms with Crippen LogP contribution in [0.5, 0.6) is 0 Å². The molecule has 0 unspecified atom stereocenters. The predicted molar refractivity (Wildman–Crippen MR) is 154 cm³/mol. The summed E-state index contributed by atoms with van der Waals surface area (Å²) in [6, 6.07) is 37.8. The van der Waals surface area contributed by atoms with Crippen LogP contribution >= 0.6 is 0 Å². The summed E-state index contributed by atoms with van der Waals surface area (Å²) in [5, 5.41) is 0. The summed E-state index contributed by atoms with van der Waals surface area (Å²) in [4.78, 5) is 14.6. The second-order valence-corrected chi connectivity index (χ2v) is 9.48. The maximum atomic E-state index is 5.18. The first-order chi connectivity index (χ1) is 18.7. The molecule has 0 N–H and O–H groups in total. The molecule has 0 saturated carbocycles. The van der Waals surface area contributed by atoms with E-state index in [1.165, 1.54) is 0 Å². The van der Waals surface area contributed by atoms with Crippen molar-refractivity contribution in [3.05, 3.63) is 122 Å². The lowest BCUT2D eigenvalue weighted by atomic mass is 10.0. The number of benzene rings is 4. The molecule has 1 aliphatic rings. The predicted octanol–water partition coefficient (Wildman–Crippen LogP) is 7.24. The fraction of sp³-hybridized carbons (Fsp3) is 0.0625. The number of para-hydroxylation sites is 2. The number of hydrogen-bond acceptors (Lipinski definition) is 4. The van der Waals surface area contributed by atoms with E-state index < -0.39 is 0 Å². The van der Waals surface area contributed by atoms with E-state index in [1.54, 1.807) is 0 Å². The molecule has 2 aromatic heterocycles. The highest BCUT2D eigenvalue weighted by Gasteiger charge is 2.23. The highest BCUT2D eigenvalue weighted by Crippen LogP contribution is 2.36. The zero-order valence-corrected chi connectivity index (χ0v) is 21.2. The van der Waals surface area contributed by atoms with E-state index in [0.29, 0.717) is 0 Å². The Bertz CT molecular complexity index is 1620. The van der Waals surface area contributed by atoms with Gasteiger partial charge in [-0.15, -0.1) is 0 Å². The van der Waals surface area contributed by atoms with Gasteiger partial charge in [-0.1, -0.05) is 60.7 Å². The molecule has 0 atom stereocenters. The summed E-state index contributed by atoms with van der Waals surface area (Å²) in [6.45, 7) is 0. The smallest absolute Gasteiger partial charge is 0.183 e. The summed E-state index contributed by atoms with van der Waals surface area (Å²) in [6.07, 6.45) is 4.18. The van der Waals surface area contributed by atoms with Crippen molar-refractivity contribution in [3.8, 4) is 34.2 Å². The largest absolute Gasteiger partial charge is 0.328 e. The van der Waals surface area contributed by atoms with Gasteiger partial charge < -0.3 is 9.80 Å². The van der Waals surface area contributed by atoms with Gasteiger partial charge in [0.05, 0.1) is 12.4 Å². The van der Waals surface area contributed by atoms with Crippen LogP contribution in [0.25, 0.3) is 34.2 Å². The van der Waals surface area contributed by atoms with E-state index >= 15 is 0 Å². The number of rotatable bonds is 2.